The van der Waals surface area contributed by atoms with Crippen molar-refractivity contribution < 1.29 is 9.47 Å². The van der Waals surface area contributed by atoms with E-state index in [2.05, 4.69) is 37.1 Å². The van der Waals surface area contributed by atoms with Crippen LogP contribution in [0.3, 0.4) is 0 Å². The van der Waals surface area contributed by atoms with Gasteiger partial charge in [0, 0.05) is 19.5 Å². The van der Waals surface area contributed by atoms with E-state index in [0.717, 1.165) is 42.4 Å². The predicted octanol–water partition coefficient (Wildman–Crippen LogP) is 1.92. The molecule has 2 aromatic rings. The molecule has 1 aliphatic rings. The van der Waals surface area contributed by atoms with Gasteiger partial charge in [0.25, 0.3) is 0 Å². The number of nitrogens with one attached hydrogen (secondary N) is 2. The monoisotopic (exact) mass is 400 g/mol. The molecule has 1 aliphatic heterocycles. The van der Waals surface area contributed by atoms with Crippen LogP contribution >= 0.6 is 0 Å². The first kappa shape index (κ1) is 21.0. The van der Waals surface area contributed by atoms with E-state index in [4.69, 9.17) is 26.4 Å². The van der Waals surface area contributed by atoms with Crippen molar-refractivity contribution in [1.29, 1.82) is 5.41 Å². The molecule has 29 heavy (non-hydrogen) atoms. The van der Waals surface area contributed by atoms with E-state index < -0.39 is 0 Å². The molecular weight excluding hydrogens is 368 g/mol. The second-order valence-corrected chi connectivity index (χ2v) is 7.72. The molecule has 0 bridgehead atoms. The van der Waals surface area contributed by atoms with Gasteiger partial charge in [0.2, 0.25) is 0 Å². The second-order valence-electron chi connectivity index (χ2n) is 7.72. The normalized spacial score (nSPS) is 13.1. The zero-order valence-corrected chi connectivity index (χ0v) is 17.5. The molecule has 0 spiro atoms. The number of fused-ring (bicyclic) bond motifs is 1. The Morgan fingerprint density at radius 3 is 2.48 bits per heavy atom. The topological polar surface area (TPSA) is 124 Å². The number of benzene rings is 1. The molecule has 8 nitrogen and oxygen atoms in total. The maximum atomic E-state index is 7.81. The second kappa shape index (κ2) is 9.17. The molecule has 0 radical (unpaired) electrons. The number of nitrogens with zero attached hydrogens (tertiary/aromatic N) is 2. The number of aromatic nitrogens is 2. The first-order valence-electron chi connectivity index (χ1n) is 10.2. The summed E-state index contributed by atoms with van der Waals surface area (Å²) in [5.41, 5.74) is 14.6. The maximum Gasteiger partial charge on any atom is 0.161 e. The molecule has 0 saturated heterocycles. The van der Waals surface area contributed by atoms with Crippen LogP contribution in [0.2, 0.25) is 0 Å². The van der Waals surface area contributed by atoms with Gasteiger partial charge in [-0.15, -0.1) is 0 Å². The van der Waals surface area contributed by atoms with Gasteiger partial charge in [-0.3, -0.25) is 5.41 Å². The van der Waals surface area contributed by atoms with E-state index in [-0.39, 0.29) is 5.84 Å². The molecular formula is C21H32N6O2. The third-order valence-electron chi connectivity index (χ3n) is 5.00. The number of rotatable bonds is 9. The number of aryl methyl sites for hydroxylation is 1. The number of hydrogen-bond donors (Lipinski definition) is 4. The Morgan fingerprint density at radius 1 is 1.24 bits per heavy atom. The fourth-order valence-electron chi connectivity index (χ4n) is 3.51. The van der Waals surface area contributed by atoms with Crippen molar-refractivity contribution >= 4 is 11.7 Å². The molecule has 0 saturated carbocycles. The lowest BCUT2D eigenvalue weighted by Gasteiger charge is -2.21. The van der Waals surface area contributed by atoms with Gasteiger partial charge in [-0.2, -0.15) is 0 Å². The van der Waals surface area contributed by atoms with Crippen molar-refractivity contribution in [2.24, 2.45) is 11.7 Å². The summed E-state index contributed by atoms with van der Waals surface area (Å²) in [6.45, 7) is 9.96. The van der Waals surface area contributed by atoms with Crippen LogP contribution in [0.4, 0.5) is 5.82 Å². The molecule has 8 heteroatoms. The maximum absolute atomic E-state index is 7.81. The Hall–Kier alpha value is -2.74. The van der Waals surface area contributed by atoms with E-state index in [1.807, 2.05) is 10.6 Å². The van der Waals surface area contributed by atoms with E-state index in [9.17, 15) is 0 Å². The van der Waals surface area contributed by atoms with Gasteiger partial charge < -0.3 is 30.8 Å². The van der Waals surface area contributed by atoms with E-state index in [0.29, 0.717) is 43.6 Å². The summed E-state index contributed by atoms with van der Waals surface area (Å²) in [5.74, 6) is 3.25. The summed E-state index contributed by atoms with van der Waals surface area (Å²) >= 11 is 0. The molecule has 1 aromatic carbocycles. The zero-order valence-electron chi connectivity index (χ0n) is 17.5. The highest BCUT2D eigenvalue weighted by Gasteiger charge is 2.20. The molecule has 0 atom stereocenters. The number of ether oxygens (including phenoxy) is 2. The minimum Gasteiger partial charge on any atom is -0.486 e. The minimum absolute atomic E-state index is 0.115. The summed E-state index contributed by atoms with van der Waals surface area (Å²) in [5, 5.41) is 11.2. The van der Waals surface area contributed by atoms with Crippen LogP contribution in [0, 0.1) is 11.3 Å². The van der Waals surface area contributed by atoms with Gasteiger partial charge in [-0.1, -0.05) is 20.8 Å². The van der Waals surface area contributed by atoms with Crippen molar-refractivity contribution in [2.75, 3.05) is 32.0 Å². The molecule has 158 valence electrons. The fraction of sp³-hybridized carbons (Fsp3) is 0.524. The summed E-state index contributed by atoms with van der Waals surface area (Å²) in [4.78, 5) is 4.59. The molecule has 2 heterocycles. The summed E-state index contributed by atoms with van der Waals surface area (Å²) < 4.78 is 13.4. The van der Waals surface area contributed by atoms with Gasteiger partial charge in [-0.05, 0) is 42.1 Å². The lowest BCUT2D eigenvalue weighted by molar-refractivity contribution is 0.171. The third-order valence-corrected chi connectivity index (χ3v) is 5.00. The Kier molecular flexibility index (Phi) is 6.64. The Bertz CT molecular complexity index is 875. The summed E-state index contributed by atoms with van der Waals surface area (Å²) in [7, 11) is 0. The zero-order chi connectivity index (χ0) is 21.0. The number of anilines is 1. The molecule has 6 N–H and O–H groups in total. The van der Waals surface area contributed by atoms with Crippen LogP contribution in [0.5, 0.6) is 11.5 Å². The van der Waals surface area contributed by atoms with Gasteiger partial charge in [0.05, 0.1) is 0 Å². The average molecular weight is 401 g/mol. The van der Waals surface area contributed by atoms with Crippen LogP contribution in [0.25, 0.3) is 0 Å². The quantitative estimate of drug-likeness (QED) is 0.290. The van der Waals surface area contributed by atoms with Crippen LogP contribution in [-0.2, 0) is 19.4 Å². The molecule has 0 amide bonds. The lowest BCUT2D eigenvalue weighted by atomic mass is 10.0. The number of nitrogens with two attached hydrogens (primary N) is 2. The van der Waals surface area contributed by atoms with Crippen LogP contribution in [0.1, 0.15) is 43.4 Å². The molecule has 1 aromatic heterocycles. The molecule has 0 unspecified atom stereocenters. The minimum atomic E-state index is -0.115. The first-order valence-corrected chi connectivity index (χ1v) is 10.2. The highest BCUT2D eigenvalue weighted by molar-refractivity contribution is 5.97. The van der Waals surface area contributed by atoms with Gasteiger partial charge in [-0.25, -0.2) is 4.98 Å². The average Bonchev–Trinajstić information content (AvgIpc) is 3.00. The summed E-state index contributed by atoms with van der Waals surface area (Å²) in [6.07, 6.45) is 1.46. The fourth-order valence-corrected chi connectivity index (χ4v) is 3.51. The summed E-state index contributed by atoms with van der Waals surface area (Å²) in [6, 6.07) is 4.09. The van der Waals surface area contributed by atoms with E-state index in [1.54, 1.807) is 0 Å². The number of hydrogen-bond acceptors (Lipinski definition) is 6. The number of amidine groups is 1. The van der Waals surface area contributed by atoms with Crippen molar-refractivity contribution in [2.45, 2.75) is 40.2 Å². The third kappa shape index (κ3) is 4.82. The van der Waals surface area contributed by atoms with Crippen LogP contribution in [-0.4, -0.2) is 41.7 Å². The van der Waals surface area contributed by atoms with Crippen molar-refractivity contribution in [1.82, 2.24) is 14.9 Å². The SMILES string of the molecule is CCc1cc2c(cc1Cc1nc(C(=N)N)c(N)n1CCNCC(C)C)OCCO2. The van der Waals surface area contributed by atoms with Gasteiger partial charge >= 0.3 is 0 Å². The standard InChI is InChI=1S/C21H32N6O2/c1-4-14-9-16-17(29-8-7-28-16)10-15(14)11-18-26-19(20(22)23)21(24)27(18)6-5-25-12-13(2)3/h9-10,13,25H,4-8,11-12,24H2,1-3H3,(H3,22,23). The van der Waals surface area contributed by atoms with Crippen molar-refractivity contribution in [3.63, 3.8) is 0 Å². The Labute approximate surface area is 172 Å². The van der Waals surface area contributed by atoms with Crippen molar-refractivity contribution in [3.05, 3.63) is 34.8 Å². The molecule has 3 rings (SSSR count). The largest absolute Gasteiger partial charge is 0.486 e. The van der Waals surface area contributed by atoms with Gasteiger partial charge in [0.15, 0.2) is 11.5 Å². The van der Waals surface area contributed by atoms with Crippen LogP contribution in [0.15, 0.2) is 12.1 Å². The molecule has 0 fully saturated rings. The Balaban J connectivity index is 1.89. The number of nitrogen functional groups attached to an aromatic ring is 2. The highest BCUT2D eigenvalue weighted by Crippen LogP contribution is 2.34. The lowest BCUT2D eigenvalue weighted by Crippen LogP contribution is -2.25. The highest BCUT2D eigenvalue weighted by atomic mass is 16.6. The number of imidazole rings is 1. The van der Waals surface area contributed by atoms with E-state index >= 15 is 0 Å². The first-order chi connectivity index (χ1) is 13.9. The Morgan fingerprint density at radius 2 is 1.90 bits per heavy atom. The predicted molar refractivity (Wildman–Crippen MR) is 115 cm³/mol. The van der Waals surface area contributed by atoms with Gasteiger partial charge in [0.1, 0.15) is 36.4 Å². The van der Waals surface area contributed by atoms with Crippen molar-refractivity contribution in [3.8, 4) is 11.5 Å². The molecule has 0 aliphatic carbocycles. The van der Waals surface area contributed by atoms with Crippen LogP contribution < -0.4 is 26.3 Å². The van der Waals surface area contributed by atoms with E-state index in [1.165, 1.54) is 5.56 Å². The smallest absolute Gasteiger partial charge is 0.161 e.